The molecule has 0 aliphatic rings. The molecule has 2 aromatic carbocycles. The van der Waals surface area contributed by atoms with Crippen LogP contribution in [0, 0.1) is 17.1 Å². The first-order valence-electron chi connectivity index (χ1n) is 8.39. The van der Waals surface area contributed by atoms with E-state index >= 15 is 0 Å². The van der Waals surface area contributed by atoms with Crippen molar-refractivity contribution in [2.45, 2.75) is 13.3 Å². The van der Waals surface area contributed by atoms with Gasteiger partial charge in [-0.15, -0.1) is 0 Å². The number of aromatic nitrogens is 2. The van der Waals surface area contributed by atoms with Gasteiger partial charge in [-0.3, -0.25) is 4.79 Å². The average Bonchev–Trinajstić information content (AvgIpc) is 3.12. The van der Waals surface area contributed by atoms with Crippen molar-refractivity contribution in [3.8, 4) is 23.0 Å². The van der Waals surface area contributed by atoms with Gasteiger partial charge in [0.1, 0.15) is 17.6 Å². The van der Waals surface area contributed by atoms with Crippen LogP contribution < -0.4 is 5.73 Å². The third-order valence-electron chi connectivity index (χ3n) is 4.08. The molecule has 0 radical (unpaired) electrons. The zero-order valence-corrected chi connectivity index (χ0v) is 14.7. The number of hydrogen-bond donors (Lipinski definition) is 1. The van der Waals surface area contributed by atoms with Crippen molar-refractivity contribution in [2.24, 2.45) is 0 Å². The number of nitrogens with zero attached hydrogens (tertiary/aromatic N) is 3. The summed E-state index contributed by atoms with van der Waals surface area (Å²) in [5.41, 5.74) is 9.39. The first-order chi connectivity index (χ1) is 13.1. The molecule has 1 heterocycles. The van der Waals surface area contributed by atoms with Crippen LogP contribution in [0.15, 0.2) is 48.5 Å². The molecule has 0 saturated heterocycles. The maximum Gasteiger partial charge on any atom is 0.170 e. The Bertz CT molecular complexity index is 1080. The Kier molecular flexibility index (Phi) is 5.13. The number of allylic oxidation sites excluding steroid dienone is 1. The van der Waals surface area contributed by atoms with Crippen LogP contribution in [0.2, 0.25) is 0 Å². The van der Waals surface area contributed by atoms with Crippen LogP contribution >= 0.6 is 0 Å². The molecule has 0 aliphatic carbocycles. The van der Waals surface area contributed by atoms with E-state index in [9.17, 15) is 9.18 Å². The maximum atomic E-state index is 14.1. The number of anilines is 1. The van der Waals surface area contributed by atoms with Crippen molar-refractivity contribution in [1.29, 1.82) is 5.26 Å². The number of nitrogens with two attached hydrogens (primary N) is 1. The van der Waals surface area contributed by atoms with Crippen molar-refractivity contribution < 1.29 is 9.18 Å². The Hall–Kier alpha value is -3.72. The number of aldehydes is 1. The predicted molar refractivity (Wildman–Crippen MR) is 103 cm³/mol. The Morgan fingerprint density at radius 3 is 2.74 bits per heavy atom. The number of nitrogen functional groups attached to an aromatic ring is 1. The normalized spacial score (nSPS) is 10.9. The highest BCUT2D eigenvalue weighted by Crippen LogP contribution is 2.27. The molecular weight excluding hydrogens is 343 g/mol. The van der Waals surface area contributed by atoms with E-state index in [4.69, 9.17) is 11.0 Å². The first-order valence-corrected chi connectivity index (χ1v) is 8.39. The van der Waals surface area contributed by atoms with Gasteiger partial charge >= 0.3 is 0 Å². The lowest BCUT2D eigenvalue weighted by Crippen LogP contribution is -2.02. The summed E-state index contributed by atoms with van der Waals surface area (Å²) in [6, 6.07) is 13.1. The molecule has 0 atom stereocenters. The Labute approximate surface area is 156 Å². The lowest BCUT2D eigenvalue weighted by molar-refractivity contribution is 0.111. The quantitative estimate of drug-likeness (QED) is 0.541. The minimum absolute atomic E-state index is 0.0418. The van der Waals surface area contributed by atoms with E-state index in [0.717, 1.165) is 12.0 Å². The van der Waals surface area contributed by atoms with Gasteiger partial charge in [-0.25, -0.2) is 9.07 Å². The van der Waals surface area contributed by atoms with Crippen molar-refractivity contribution in [3.63, 3.8) is 0 Å². The minimum Gasteiger partial charge on any atom is -0.398 e. The van der Waals surface area contributed by atoms with Crippen LogP contribution in [0.3, 0.4) is 0 Å². The van der Waals surface area contributed by atoms with Crippen molar-refractivity contribution in [3.05, 3.63) is 71.2 Å². The van der Waals surface area contributed by atoms with Gasteiger partial charge in [0.05, 0.1) is 16.9 Å². The molecule has 0 aliphatic heterocycles. The van der Waals surface area contributed by atoms with Crippen molar-refractivity contribution in [1.82, 2.24) is 9.78 Å². The maximum absolute atomic E-state index is 14.1. The summed E-state index contributed by atoms with van der Waals surface area (Å²) in [6.07, 6.45) is 5.42. The van der Waals surface area contributed by atoms with Gasteiger partial charge in [-0.1, -0.05) is 25.1 Å². The van der Waals surface area contributed by atoms with Gasteiger partial charge in [0.15, 0.2) is 6.29 Å². The Balaban J connectivity index is 2.16. The fraction of sp³-hybridized carbons (Fsp3) is 0.0952. The monoisotopic (exact) mass is 360 g/mol. The number of hydrogen-bond acceptors (Lipinski definition) is 4. The Morgan fingerprint density at radius 1 is 1.26 bits per heavy atom. The number of benzene rings is 2. The second-order valence-corrected chi connectivity index (χ2v) is 5.91. The van der Waals surface area contributed by atoms with Gasteiger partial charge in [-0.05, 0) is 48.4 Å². The highest BCUT2D eigenvalue weighted by molar-refractivity contribution is 5.77. The van der Waals surface area contributed by atoms with Gasteiger partial charge < -0.3 is 5.73 Å². The summed E-state index contributed by atoms with van der Waals surface area (Å²) in [5, 5.41) is 13.2. The van der Waals surface area contributed by atoms with Crippen molar-refractivity contribution in [2.75, 3.05) is 5.73 Å². The smallest absolute Gasteiger partial charge is 0.170 e. The summed E-state index contributed by atoms with van der Waals surface area (Å²) in [5.74, 6) is -0.626. The third kappa shape index (κ3) is 3.62. The zero-order valence-electron chi connectivity index (χ0n) is 14.7. The SMILES string of the molecule is CC/C=C/c1cc(-n2nc(C=O)cc2-c2ccc(C#N)c(F)c2)ccc1N. The van der Waals surface area contributed by atoms with E-state index in [-0.39, 0.29) is 11.3 Å². The molecule has 27 heavy (non-hydrogen) atoms. The zero-order chi connectivity index (χ0) is 19.4. The second-order valence-electron chi connectivity index (χ2n) is 5.91. The fourth-order valence-corrected chi connectivity index (χ4v) is 2.71. The molecule has 0 spiro atoms. The van der Waals surface area contributed by atoms with Crippen molar-refractivity contribution >= 4 is 18.0 Å². The van der Waals surface area contributed by atoms with Crippen LogP contribution in [-0.4, -0.2) is 16.1 Å². The van der Waals surface area contributed by atoms with E-state index in [1.807, 2.05) is 25.1 Å². The van der Waals surface area contributed by atoms with Gasteiger partial charge in [-0.2, -0.15) is 10.4 Å². The molecule has 0 fully saturated rings. The summed E-state index contributed by atoms with van der Waals surface area (Å²) in [7, 11) is 0. The molecule has 3 aromatic rings. The van der Waals surface area contributed by atoms with Crippen LogP contribution in [0.1, 0.15) is 35.0 Å². The second kappa shape index (κ2) is 7.67. The molecule has 0 bridgehead atoms. The van der Waals surface area contributed by atoms with Crippen LogP contribution in [0.25, 0.3) is 23.0 Å². The predicted octanol–water partition coefficient (Wildman–Crippen LogP) is 4.37. The largest absolute Gasteiger partial charge is 0.398 e. The molecule has 0 unspecified atom stereocenters. The molecule has 5 nitrogen and oxygen atoms in total. The standard InChI is InChI=1S/C21H17FN4O/c1-2-3-4-14-9-18(7-8-20(14)24)26-21(11-17(13-27)25-26)15-5-6-16(12-23)19(22)10-15/h3-11,13H,2,24H2,1H3/b4-3+. The lowest BCUT2D eigenvalue weighted by Gasteiger charge is -2.10. The van der Waals surface area contributed by atoms with E-state index in [0.29, 0.717) is 28.9 Å². The molecule has 0 saturated carbocycles. The van der Waals surface area contributed by atoms with Crippen LogP contribution in [0.5, 0.6) is 0 Å². The van der Waals surface area contributed by atoms with Crippen LogP contribution in [-0.2, 0) is 0 Å². The van der Waals surface area contributed by atoms with Gasteiger partial charge in [0.25, 0.3) is 0 Å². The van der Waals surface area contributed by atoms with Gasteiger partial charge in [0.2, 0.25) is 0 Å². The number of rotatable bonds is 5. The van der Waals surface area contributed by atoms with E-state index < -0.39 is 5.82 Å². The number of carbonyl (C=O) groups is 1. The summed E-state index contributed by atoms with van der Waals surface area (Å²) < 4.78 is 15.6. The highest BCUT2D eigenvalue weighted by Gasteiger charge is 2.14. The molecule has 3 rings (SSSR count). The first kappa shape index (κ1) is 18.1. The number of nitriles is 1. The average molecular weight is 360 g/mol. The highest BCUT2D eigenvalue weighted by atomic mass is 19.1. The molecular formula is C21H17FN4O. The van der Waals surface area contributed by atoms with E-state index in [1.54, 1.807) is 35.0 Å². The number of carbonyl (C=O) groups excluding carboxylic acids is 1. The van der Waals surface area contributed by atoms with E-state index in [1.165, 1.54) is 12.1 Å². The molecule has 2 N–H and O–H groups in total. The van der Waals surface area contributed by atoms with Crippen LogP contribution in [0.4, 0.5) is 10.1 Å². The third-order valence-corrected chi connectivity index (χ3v) is 4.08. The fourth-order valence-electron chi connectivity index (χ4n) is 2.71. The molecule has 1 aromatic heterocycles. The lowest BCUT2D eigenvalue weighted by atomic mass is 10.1. The minimum atomic E-state index is -0.626. The summed E-state index contributed by atoms with van der Waals surface area (Å²) in [4.78, 5) is 11.2. The van der Waals surface area contributed by atoms with E-state index in [2.05, 4.69) is 5.10 Å². The number of halogens is 1. The summed E-state index contributed by atoms with van der Waals surface area (Å²) in [6.45, 7) is 2.03. The topological polar surface area (TPSA) is 84.7 Å². The molecule has 0 amide bonds. The molecule has 6 heteroatoms. The Morgan fingerprint density at radius 2 is 2.07 bits per heavy atom. The summed E-state index contributed by atoms with van der Waals surface area (Å²) >= 11 is 0. The molecule has 134 valence electrons. The van der Waals surface area contributed by atoms with Gasteiger partial charge in [0, 0.05) is 11.3 Å².